The minimum atomic E-state index is -3.50. The number of hydrogen-bond acceptors (Lipinski definition) is 7. The van der Waals surface area contributed by atoms with Crippen LogP contribution in [0.1, 0.15) is 31.2 Å². The fourth-order valence-corrected chi connectivity index (χ4v) is 5.33. The first-order valence-corrected chi connectivity index (χ1v) is 12.8. The lowest BCUT2D eigenvalue weighted by Crippen LogP contribution is -2.22. The number of rotatable bonds is 9. The molecule has 2 heterocycles. The first kappa shape index (κ1) is 23.0. The quantitative estimate of drug-likeness (QED) is 0.450. The molecule has 1 aliphatic rings. The van der Waals surface area contributed by atoms with Gasteiger partial charge in [0.1, 0.15) is 12.2 Å². The minimum Gasteiger partial charge on any atom is -0.326 e. The number of hydrogen-bond donors (Lipinski definition) is 2. The Labute approximate surface area is 196 Å². The number of anilines is 1. The Bertz CT molecular complexity index is 1270. The number of sulfonamides is 1. The van der Waals surface area contributed by atoms with Gasteiger partial charge in [-0.3, -0.25) is 14.5 Å². The molecule has 0 unspecified atom stereocenters. The zero-order valence-corrected chi connectivity index (χ0v) is 19.7. The van der Waals surface area contributed by atoms with Gasteiger partial charge in [0.2, 0.25) is 5.91 Å². The summed E-state index contributed by atoms with van der Waals surface area (Å²) in [5, 5.41) is 11.6. The Morgan fingerprint density at radius 2 is 1.91 bits per heavy atom. The molecule has 0 fully saturated rings. The molecule has 4 rings (SSSR count). The van der Waals surface area contributed by atoms with Gasteiger partial charge < -0.3 is 9.88 Å². The molecule has 0 aliphatic carbocycles. The van der Waals surface area contributed by atoms with Gasteiger partial charge in [-0.05, 0) is 61.0 Å². The van der Waals surface area contributed by atoms with Crippen LogP contribution in [0.2, 0.25) is 0 Å². The van der Waals surface area contributed by atoms with Crippen LogP contribution >= 0.6 is 11.8 Å². The topological polar surface area (TPSA) is 118 Å². The molecule has 2 aromatic carbocycles. The number of carbonyl (C=O) groups is 1. The third-order valence-corrected chi connectivity index (χ3v) is 7.47. The molecule has 0 radical (unpaired) electrons. The Morgan fingerprint density at radius 1 is 1.12 bits per heavy atom. The van der Waals surface area contributed by atoms with Gasteiger partial charge in [0.25, 0.3) is 10.0 Å². The van der Waals surface area contributed by atoms with Crippen molar-refractivity contribution in [2.24, 2.45) is 12.0 Å². The van der Waals surface area contributed by atoms with Crippen molar-refractivity contribution in [3.05, 3.63) is 60.4 Å². The molecular formula is C22H24N6O3S2. The standard InChI is InChI=1S/C22H24N6O3S2/c1-28-15-24-26-22(28)32-17-12-10-16(11-13-17)25-20(29)9-3-2-6-14-23-21-18-7-4-5-8-19(18)33(30,31)27-21/h4-5,7-8,10-13,15H,2-3,6,9,14H2,1H3,(H,23,27)(H,25,29). The van der Waals surface area contributed by atoms with Crippen LogP contribution in [0.4, 0.5) is 5.69 Å². The number of benzene rings is 2. The van der Waals surface area contributed by atoms with E-state index < -0.39 is 10.0 Å². The SMILES string of the molecule is Cn1cnnc1Sc1ccc(NC(=O)CCCCCN=C2NS(=O)(=O)c3ccccc32)cc1. The molecular weight excluding hydrogens is 460 g/mol. The molecule has 2 N–H and O–H groups in total. The average molecular weight is 485 g/mol. The van der Waals surface area contributed by atoms with Gasteiger partial charge >= 0.3 is 0 Å². The lowest BCUT2D eigenvalue weighted by Gasteiger charge is -2.06. The van der Waals surface area contributed by atoms with E-state index in [9.17, 15) is 13.2 Å². The highest BCUT2D eigenvalue weighted by atomic mass is 32.2. The van der Waals surface area contributed by atoms with Crippen molar-refractivity contribution in [3.63, 3.8) is 0 Å². The van der Waals surface area contributed by atoms with Crippen molar-refractivity contribution in [3.8, 4) is 0 Å². The van der Waals surface area contributed by atoms with E-state index in [4.69, 9.17) is 0 Å². The fourth-order valence-electron chi connectivity index (χ4n) is 3.32. The Morgan fingerprint density at radius 3 is 2.67 bits per heavy atom. The molecule has 172 valence electrons. The Kier molecular flexibility index (Phi) is 7.09. The molecule has 1 aromatic heterocycles. The number of fused-ring (bicyclic) bond motifs is 1. The summed E-state index contributed by atoms with van der Waals surface area (Å²) in [7, 11) is -1.62. The van der Waals surface area contributed by atoms with Crippen LogP contribution in [-0.2, 0) is 21.9 Å². The number of aliphatic imine (C=N–C) groups is 1. The van der Waals surface area contributed by atoms with Gasteiger partial charge in [-0.1, -0.05) is 18.6 Å². The van der Waals surface area contributed by atoms with E-state index in [-0.39, 0.29) is 10.8 Å². The summed E-state index contributed by atoms with van der Waals surface area (Å²) in [6.45, 7) is 0.498. The summed E-state index contributed by atoms with van der Waals surface area (Å²) in [4.78, 5) is 17.9. The van der Waals surface area contributed by atoms with E-state index in [0.29, 0.717) is 24.4 Å². The highest BCUT2D eigenvalue weighted by Gasteiger charge is 2.29. The van der Waals surface area contributed by atoms with Crippen LogP contribution in [0.5, 0.6) is 0 Å². The number of nitrogens with zero attached hydrogens (tertiary/aromatic N) is 4. The number of nitrogens with one attached hydrogen (secondary N) is 2. The van der Waals surface area contributed by atoms with Crippen LogP contribution in [0, 0.1) is 0 Å². The van der Waals surface area contributed by atoms with Gasteiger partial charge in [0.15, 0.2) is 5.16 Å². The molecule has 1 aliphatic heterocycles. The summed E-state index contributed by atoms with van der Waals surface area (Å²) in [6.07, 6.45) is 4.40. The van der Waals surface area contributed by atoms with Crippen molar-refractivity contribution in [2.75, 3.05) is 11.9 Å². The van der Waals surface area contributed by atoms with Crippen LogP contribution in [-0.4, -0.2) is 41.5 Å². The van der Waals surface area contributed by atoms with Crippen molar-refractivity contribution in [1.82, 2.24) is 19.5 Å². The summed E-state index contributed by atoms with van der Waals surface area (Å²) in [6, 6.07) is 14.4. The second-order valence-electron chi connectivity index (χ2n) is 7.54. The first-order chi connectivity index (χ1) is 15.9. The van der Waals surface area contributed by atoms with Crippen molar-refractivity contribution < 1.29 is 13.2 Å². The zero-order valence-electron chi connectivity index (χ0n) is 18.1. The molecule has 0 spiro atoms. The summed E-state index contributed by atoms with van der Waals surface area (Å²) in [5.74, 6) is 0.358. The van der Waals surface area contributed by atoms with Crippen LogP contribution in [0.25, 0.3) is 0 Å². The van der Waals surface area contributed by atoms with E-state index in [1.54, 1.807) is 30.6 Å². The predicted molar refractivity (Wildman–Crippen MR) is 127 cm³/mol. The van der Waals surface area contributed by atoms with Crippen LogP contribution in [0.15, 0.2) is 74.8 Å². The van der Waals surface area contributed by atoms with E-state index >= 15 is 0 Å². The number of aryl methyl sites for hydroxylation is 1. The summed E-state index contributed by atoms with van der Waals surface area (Å²) >= 11 is 1.50. The maximum absolute atomic E-state index is 12.2. The highest BCUT2D eigenvalue weighted by Crippen LogP contribution is 2.26. The van der Waals surface area contributed by atoms with Gasteiger partial charge in [0.05, 0.1) is 4.90 Å². The van der Waals surface area contributed by atoms with E-state index in [2.05, 4.69) is 25.2 Å². The summed E-state index contributed by atoms with van der Waals surface area (Å²) in [5.41, 5.74) is 1.36. The van der Waals surface area contributed by atoms with E-state index in [1.807, 2.05) is 35.9 Å². The van der Waals surface area contributed by atoms with Gasteiger partial charge in [-0.15, -0.1) is 10.2 Å². The van der Waals surface area contributed by atoms with Gasteiger partial charge in [0, 0.05) is 36.2 Å². The fraction of sp³-hybridized carbons (Fsp3) is 0.273. The lowest BCUT2D eigenvalue weighted by molar-refractivity contribution is -0.116. The number of aromatic nitrogens is 3. The minimum absolute atomic E-state index is 0.0347. The maximum Gasteiger partial charge on any atom is 0.263 e. The summed E-state index contributed by atoms with van der Waals surface area (Å²) < 4.78 is 28.5. The van der Waals surface area contributed by atoms with Gasteiger partial charge in [-0.2, -0.15) is 0 Å². The third-order valence-electron chi connectivity index (χ3n) is 5.01. The molecule has 33 heavy (non-hydrogen) atoms. The number of carbonyl (C=O) groups excluding carboxylic acids is 1. The number of amides is 1. The molecule has 3 aromatic rings. The van der Waals surface area contributed by atoms with Crippen LogP contribution < -0.4 is 10.0 Å². The number of unbranched alkanes of at least 4 members (excludes halogenated alkanes) is 2. The first-order valence-electron chi connectivity index (χ1n) is 10.5. The lowest BCUT2D eigenvalue weighted by atomic mass is 10.2. The van der Waals surface area contributed by atoms with Gasteiger partial charge in [-0.25, -0.2) is 8.42 Å². The molecule has 1 amide bonds. The maximum atomic E-state index is 12.2. The molecule has 11 heteroatoms. The second-order valence-corrected chi connectivity index (χ2v) is 10.2. The average Bonchev–Trinajstić information content (AvgIpc) is 3.32. The molecule has 9 nitrogen and oxygen atoms in total. The van der Waals surface area contributed by atoms with E-state index in [1.165, 1.54) is 11.8 Å². The van der Waals surface area contributed by atoms with Crippen molar-refractivity contribution in [2.45, 2.75) is 40.6 Å². The molecule has 0 saturated heterocycles. The van der Waals surface area contributed by atoms with Crippen LogP contribution in [0.3, 0.4) is 0 Å². The number of amidine groups is 1. The molecule has 0 bridgehead atoms. The Hall–Kier alpha value is -3.18. The second kappa shape index (κ2) is 10.2. The highest BCUT2D eigenvalue weighted by molar-refractivity contribution is 7.99. The van der Waals surface area contributed by atoms with E-state index in [0.717, 1.165) is 35.0 Å². The molecule has 0 atom stereocenters. The smallest absolute Gasteiger partial charge is 0.263 e. The normalized spacial score (nSPS) is 15.2. The van der Waals surface area contributed by atoms with Crippen molar-refractivity contribution in [1.29, 1.82) is 0 Å². The third kappa shape index (κ3) is 5.79. The largest absolute Gasteiger partial charge is 0.326 e. The predicted octanol–water partition coefficient (Wildman–Crippen LogP) is 3.20. The Balaban J connectivity index is 1.17. The van der Waals surface area contributed by atoms with Crippen molar-refractivity contribution >= 4 is 39.2 Å². The molecule has 0 saturated carbocycles. The monoisotopic (exact) mass is 484 g/mol. The zero-order chi connectivity index (χ0) is 23.3.